The quantitative estimate of drug-likeness (QED) is 0.0885. The maximum absolute atomic E-state index is 6.59. The van der Waals surface area contributed by atoms with Gasteiger partial charge in [0, 0.05) is 22.6 Å². The Morgan fingerprint density at radius 1 is 0.619 bits per heavy atom. The van der Waals surface area contributed by atoms with Crippen LogP contribution in [-0.2, 0) is 11.3 Å². The van der Waals surface area contributed by atoms with Gasteiger partial charge in [0.2, 0.25) is 0 Å². The van der Waals surface area contributed by atoms with Gasteiger partial charge in [0.15, 0.2) is 0 Å². The lowest BCUT2D eigenvalue weighted by Crippen LogP contribution is -2.50. The normalized spacial score (nSPS) is 12.3. The molecule has 0 aliphatic carbocycles. The summed E-state index contributed by atoms with van der Waals surface area (Å²) in [7, 11) is 0. The predicted octanol–water partition coefficient (Wildman–Crippen LogP) is 9.52. The number of hydrogen-bond acceptors (Lipinski definition) is 2. The minimum absolute atomic E-state index is 0.221. The average molecular weight is 565 g/mol. The second kappa shape index (κ2) is 16.9. The summed E-state index contributed by atoms with van der Waals surface area (Å²) >= 11 is 0. The maximum atomic E-state index is 6.59. The molecule has 0 bridgehead atoms. The summed E-state index contributed by atoms with van der Waals surface area (Å²) in [6, 6.07) is 38.8. The van der Waals surface area contributed by atoms with Gasteiger partial charge in [-0.1, -0.05) is 143 Å². The van der Waals surface area contributed by atoms with Crippen LogP contribution in [-0.4, -0.2) is 43.9 Å². The lowest BCUT2D eigenvalue weighted by Gasteiger charge is -2.39. The van der Waals surface area contributed by atoms with Crippen LogP contribution in [0.5, 0.6) is 5.75 Å². The fourth-order valence-electron chi connectivity index (χ4n) is 5.92. The van der Waals surface area contributed by atoms with E-state index in [1.807, 2.05) is 0 Å². The molecule has 4 aromatic carbocycles. The van der Waals surface area contributed by atoms with Gasteiger partial charge in [-0.05, 0) is 24.0 Å². The zero-order valence-electron chi connectivity index (χ0n) is 26.0. The molecular weight excluding hydrogens is 514 g/mol. The molecule has 1 atom stereocenters. The van der Waals surface area contributed by atoms with Crippen molar-refractivity contribution in [3.8, 4) is 16.9 Å². The molecule has 42 heavy (non-hydrogen) atoms. The Balaban J connectivity index is 1.43. The van der Waals surface area contributed by atoms with Crippen LogP contribution in [0.15, 0.2) is 109 Å². The van der Waals surface area contributed by atoms with Gasteiger partial charge >= 0.3 is 0 Å². The average Bonchev–Trinajstić information content (AvgIpc) is 3.05. The van der Waals surface area contributed by atoms with Crippen molar-refractivity contribution < 1.29 is 14.0 Å². The molecule has 0 aliphatic rings. The highest BCUT2D eigenvalue weighted by atomic mass is 16.5. The number of ether oxygens (including phenoxy) is 2. The first-order chi connectivity index (χ1) is 20.7. The van der Waals surface area contributed by atoms with E-state index in [0.29, 0.717) is 13.2 Å². The molecule has 4 aromatic rings. The van der Waals surface area contributed by atoms with Crippen molar-refractivity contribution >= 4 is 0 Å². The van der Waals surface area contributed by atoms with Crippen molar-refractivity contribution in [2.45, 2.75) is 58.9 Å². The van der Waals surface area contributed by atoms with E-state index in [1.54, 1.807) is 0 Å². The van der Waals surface area contributed by atoms with E-state index < -0.39 is 0 Å². The second-order valence-corrected chi connectivity index (χ2v) is 11.5. The molecular formula is C39H50NO2+. The Morgan fingerprint density at radius 2 is 1.24 bits per heavy atom. The Bertz CT molecular complexity index is 1280. The zero-order valence-corrected chi connectivity index (χ0v) is 26.0. The first-order valence-corrected chi connectivity index (χ1v) is 16.0. The van der Waals surface area contributed by atoms with E-state index in [1.165, 1.54) is 61.0 Å². The fraction of sp³-hybridized carbons (Fsp3) is 0.385. The van der Waals surface area contributed by atoms with E-state index >= 15 is 0 Å². The zero-order chi connectivity index (χ0) is 29.5. The third kappa shape index (κ3) is 9.05. The Morgan fingerprint density at radius 3 is 1.88 bits per heavy atom. The first-order valence-electron chi connectivity index (χ1n) is 16.0. The van der Waals surface area contributed by atoms with Crippen molar-refractivity contribution in [3.05, 3.63) is 126 Å². The molecule has 222 valence electrons. The molecule has 0 fully saturated rings. The number of rotatable bonds is 18. The van der Waals surface area contributed by atoms with E-state index in [4.69, 9.17) is 9.47 Å². The van der Waals surface area contributed by atoms with Crippen LogP contribution in [0.1, 0.15) is 69.1 Å². The molecule has 0 aliphatic heterocycles. The van der Waals surface area contributed by atoms with Gasteiger partial charge < -0.3 is 14.0 Å². The van der Waals surface area contributed by atoms with Gasteiger partial charge in [-0.2, -0.15) is 0 Å². The molecule has 0 saturated carbocycles. The number of para-hydroxylation sites is 1. The van der Waals surface area contributed by atoms with Gasteiger partial charge in [0.1, 0.15) is 25.4 Å². The number of nitrogens with zero attached hydrogens (tertiary/aromatic N) is 1. The van der Waals surface area contributed by atoms with Crippen molar-refractivity contribution in [2.24, 2.45) is 0 Å². The lowest BCUT2D eigenvalue weighted by molar-refractivity contribution is -0.941. The third-order valence-corrected chi connectivity index (χ3v) is 8.41. The summed E-state index contributed by atoms with van der Waals surface area (Å²) in [5.41, 5.74) is 6.22. The van der Waals surface area contributed by atoms with Gasteiger partial charge in [0.05, 0.1) is 26.3 Å². The van der Waals surface area contributed by atoms with Gasteiger partial charge in [-0.3, -0.25) is 0 Å². The Labute approximate surface area is 254 Å². The minimum Gasteiger partial charge on any atom is -0.490 e. The lowest BCUT2D eigenvalue weighted by atomic mass is 9.89. The monoisotopic (exact) mass is 564 g/mol. The van der Waals surface area contributed by atoms with Crippen LogP contribution in [0.4, 0.5) is 0 Å². The van der Waals surface area contributed by atoms with Crippen molar-refractivity contribution in [2.75, 3.05) is 39.5 Å². The van der Waals surface area contributed by atoms with Crippen molar-refractivity contribution in [1.82, 2.24) is 0 Å². The van der Waals surface area contributed by atoms with Crippen LogP contribution in [0, 0.1) is 0 Å². The smallest absolute Gasteiger partial charge is 0.131 e. The Kier molecular flexibility index (Phi) is 12.7. The highest BCUT2D eigenvalue weighted by Gasteiger charge is 2.27. The summed E-state index contributed by atoms with van der Waals surface area (Å²) in [5.74, 6) is 1.18. The molecule has 3 heteroatoms. The number of quaternary nitrogens is 1. The summed E-state index contributed by atoms with van der Waals surface area (Å²) in [6.07, 6.45) is 4.94. The van der Waals surface area contributed by atoms with E-state index in [-0.39, 0.29) is 5.92 Å². The van der Waals surface area contributed by atoms with E-state index in [2.05, 4.69) is 130 Å². The van der Waals surface area contributed by atoms with Gasteiger partial charge in [0.25, 0.3) is 0 Å². The fourth-order valence-corrected chi connectivity index (χ4v) is 5.92. The molecule has 1 unspecified atom stereocenters. The second-order valence-electron chi connectivity index (χ2n) is 11.5. The first kappa shape index (κ1) is 31.5. The molecule has 3 nitrogen and oxygen atoms in total. The summed E-state index contributed by atoms with van der Waals surface area (Å²) in [4.78, 5) is 0. The van der Waals surface area contributed by atoms with Crippen LogP contribution in [0.2, 0.25) is 0 Å². The predicted molar refractivity (Wildman–Crippen MR) is 177 cm³/mol. The molecule has 0 spiro atoms. The molecule has 0 saturated heterocycles. The number of benzene rings is 4. The molecule has 0 radical (unpaired) electrons. The molecule has 0 heterocycles. The topological polar surface area (TPSA) is 18.5 Å². The van der Waals surface area contributed by atoms with Crippen LogP contribution < -0.4 is 4.74 Å². The SMILES string of the molecule is CCCC[N+](CCCC)(CCOCCOc1c(-c2ccccc2)cccc1C(C)c1ccccc1)Cc1ccccc1. The maximum Gasteiger partial charge on any atom is 0.131 e. The molecule has 4 rings (SSSR count). The standard InChI is InChI=1S/C39H50NO2/c1-4-6-26-40(27-7-5-2,32-34-18-11-8-12-19-34)28-29-41-30-31-42-39-37(33(3)35-20-13-9-14-21-35)24-17-25-38(39)36-22-15-10-16-23-36/h8-25,33H,4-7,26-32H2,1-3H3/q+1. The highest BCUT2D eigenvalue weighted by Crippen LogP contribution is 2.39. The number of hydrogen-bond donors (Lipinski definition) is 0. The van der Waals surface area contributed by atoms with Gasteiger partial charge in [-0.25, -0.2) is 0 Å². The summed E-state index contributed by atoms with van der Waals surface area (Å²) in [6.45, 7) is 13.2. The highest BCUT2D eigenvalue weighted by molar-refractivity contribution is 5.73. The largest absolute Gasteiger partial charge is 0.490 e. The van der Waals surface area contributed by atoms with Crippen molar-refractivity contribution in [1.29, 1.82) is 0 Å². The number of unbranched alkanes of at least 4 members (excludes halogenated alkanes) is 2. The molecule has 0 aromatic heterocycles. The summed E-state index contributed by atoms with van der Waals surface area (Å²) in [5, 5.41) is 0. The third-order valence-electron chi connectivity index (χ3n) is 8.41. The minimum atomic E-state index is 0.221. The van der Waals surface area contributed by atoms with Crippen molar-refractivity contribution in [3.63, 3.8) is 0 Å². The van der Waals surface area contributed by atoms with Crippen LogP contribution >= 0.6 is 0 Å². The molecule has 0 N–H and O–H groups in total. The van der Waals surface area contributed by atoms with E-state index in [0.717, 1.165) is 35.5 Å². The van der Waals surface area contributed by atoms with Gasteiger partial charge in [-0.15, -0.1) is 0 Å². The Hall–Kier alpha value is -3.40. The molecule has 0 amide bonds. The van der Waals surface area contributed by atoms with Crippen LogP contribution in [0.25, 0.3) is 11.1 Å². The summed E-state index contributed by atoms with van der Waals surface area (Å²) < 4.78 is 14.0. The van der Waals surface area contributed by atoms with E-state index in [9.17, 15) is 0 Å². The van der Waals surface area contributed by atoms with Crippen LogP contribution in [0.3, 0.4) is 0 Å².